The third-order valence-electron chi connectivity index (χ3n) is 3.45. The molecule has 0 saturated heterocycles. The maximum atomic E-state index is 12.2. The molecule has 0 fully saturated rings. The normalized spacial score (nSPS) is 9.92. The first-order valence-electron chi connectivity index (χ1n) is 7.63. The van der Waals surface area contributed by atoms with Crippen LogP contribution in [0.15, 0.2) is 60.7 Å². The second kappa shape index (κ2) is 7.23. The smallest absolute Gasteiger partial charge is 0.256 e. The van der Waals surface area contributed by atoms with Crippen molar-refractivity contribution in [1.29, 1.82) is 5.26 Å². The van der Waals surface area contributed by atoms with Crippen LogP contribution in [0.4, 0.5) is 17.3 Å². The lowest BCUT2D eigenvalue weighted by Crippen LogP contribution is -2.13. The lowest BCUT2D eigenvalue weighted by molar-refractivity contribution is 0.102. The highest BCUT2D eigenvalue weighted by Crippen LogP contribution is 2.16. The molecule has 0 aliphatic carbocycles. The highest BCUT2D eigenvalue weighted by Gasteiger charge is 2.07. The zero-order chi connectivity index (χ0) is 17.6. The lowest BCUT2D eigenvalue weighted by Gasteiger charge is -2.07. The number of hydrogen-bond donors (Lipinski definition) is 2. The van der Waals surface area contributed by atoms with Crippen molar-refractivity contribution in [3.63, 3.8) is 0 Å². The van der Waals surface area contributed by atoms with Gasteiger partial charge in [-0.15, -0.1) is 10.2 Å². The topological polar surface area (TPSA) is 90.7 Å². The molecular formula is C19H15N5O. The highest BCUT2D eigenvalue weighted by molar-refractivity contribution is 6.03. The Hall–Kier alpha value is -3.72. The monoisotopic (exact) mass is 329 g/mol. The summed E-state index contributed by atoms with van der Waals surface area (Å²) in [7, 11) is 0. The van der Waals surface area contributed by atoms with E-state index in [-0.39, 0.29) is 5.91 Å². The molecule has 3 rings (SSSR count). The van der Waals surface area contributed by atoms with Crippen LogP contribution in [0, 0.1) is 18.3 Å². The van der Waals surface area contributed by atoms with Crippen molar-refractivity contribution in [3.05, 3.63) is 77.4 Å². The summed E-state index contributed by atoms with van der Waals surface area (Å²) < 4.78 is 0. The van der Waals surface area contributed by atoms with Crippen LogP contribution in [-0.2, 0) is 0 Å². The van der Waals surface area contributed by atoms with E-state index < -0.39 is 0 Å². The molecule has 6 nitrogen and oxygen atoms in total. The van der Waals surface area contributed by atoms with Gasteiger partial charge in [0.25, 0.3) is 5.91 Å². The van der Waals surface area contributed by atoms with Gasteiger partial charge in [0.15, 0.2) is 11.6 Å². The SMILES string of the molecule is Cc1cccc(C(=O)Nc2ccc(Nc3cccc(C#N)c3)nn2)c1. The summed E-state index contributed by atoms with van der Waals surface area (Å²) in [6.45, 7) is 1.93. The van der Waals surface area contributed by atoms with Gasteiger partial charge in [-0.2, -0.15) is 5.26 Å². The molecule has 0 saturated carbocycles. The van der Waals surface area contributed by atoms with Gasteiger partial charge in [0, 0.05) is 11.3 Å². The van der Waals surface area contributed by atoms with Crippen LogP contribution in [0.25, 0.3) is 0 Å². The molecule has 1 aromatic heterocycles. The molecule has 3 aromatic rings. The average molecular weight is 329 g/mol. The minimum atomic E-state index is -0.236. The summed E-state index contributed by atoms with van der Waals surface area (Å²) in [6.07, 6.45) is 0. The van der Waals surface area contributed by atoms with Crippen LogP contribution in [0.1, 0.15) is 21.5 Å². The third kappa shape index (κ3) is 4.18. The fourth-order valence-corrected chi connectivity index (χ4v) is 2.25. The minimum absolute atomic E-state index is 0.236. The number of nitrogens with zero attached hydrogens (tertiary/aromatic N) is 3. The van der Waals surface area contributed by atoms with Crippen LogP contribution in [-0.4, -0.2) is 16.1 Å². The molecule has 2 N–H and O–H groups in total. The fraction of sp³-hybridized carbons (Fsp3) is 0.0526. The van der Waals surface area contributed by atoms with E-state index in [1.165, 1.54) is 0 Å². The van der Waals surface area contributed by atoms with Gasteiger partial charge in [-0.25, -0.2) is 0 Å². The number of hydrogen-bond acceptors (Lipinski definition) is 5. The fourth-order valence-electron chi connectivity index (χ4n) is 2.25. The summed E-state index contributed by atoms with van der Waals surface area (Å²) in [5.41, 5.74) is 2.88. The van der Waals surface area contributed by atoms with Crippen molar-refractivity contribution in [2.45, 2.75) is 6.92 Å². The van der Waals surface area contributed by atoms with Gasteiger partial charge in [0.2, 0.25) is 0 Å². The van der Waals surface area contributed by atoms with E-state index in [0.29, 0.717) is 22.8 Å². The molecule has 1 amide bonds. The Kier molecular flexibility index (Phi) is 4.67. The Bertz CT molecular complexity index is 945. The summed E-state index contributed by atoms with van der Waals surface area (Å²) in [5.74, 6) is 0.645. The number of nitrogens with one attached hydrogen (secondary N) is 2. The molecule has 1 heterocycles. The predicted octanol–water partition coefficient (Wildman–Crippen LogP) is 3.65. The van der Waals surface area contributed by atoms with Crippen LogP contribution in [0.5, 0.6) is 0 Å². The maximum Gasteiger partial charge on any atom is 0.256 e. The van der Waals surface area contributed by atoms with E-state index in [4.69, 9.17) is 5.26 Å². The number of carbonyl (C=O) groups excluding carboxylic acids is 1. The van der Waals surface area contributed by atoms with Crippen LogP contribution in [0.3, 0.4) is 0 Å². The number of benzene rings is 2. The number of amides is 1. The number of carbonyl (C=O) groups is 1. The molecule has 0 unspecified atom stereocenters. The quantitative estimate of drug-likeness (QED) is 0.762. The van der Waals surface area contributed by atoms with Crippen molar-refractivity contribution in [2.75, 3.05) is 10.6 Å². The molecule has 0 atom stereocenters. The van der Waals surface area contributed by atoms with Crippen molar-refractivity contribution >= 4 is 23.2 Å². The van der Waals surface area contributed by atoms with E-state index in [1.54, 1.807) is 42.5 Å². The standard InChI is InChI=1S/C19H15N5O/c1-13-4-2-6-15(10-13)19(25)22-18-9-8-17(23-24-18)21-16-7-3-5-14(11-16)12-20/h2-11H,1H3,(H,21,23)(H,22,24,25). The first-order valence-corrected chi connectivity index (χ1v) is 7.63. The minimum Gasteiger partial charge on any atom is -0.339 e. The van der Waals surface area contributed by atoms with Crippen LogP contribution in [0.2, 0.25) is 0 Å². The van der Waals surface area contributed by atoms with E-state index in [9.17, 15) is 4.79 Å². The average Bonchev–Trinajstić information content (AvgIpc) is 2.63. The number of rotatable bonds is 4. The molecular weight excluding hydrogens is 314 g/mol. The molecule has 0 bridgehead atoms. The molecule has 0 aliphatic heterocycles. The van der Waals surface area contributed by atoms with Gasteiger partial charge in [-0.1, -0.05) is 23.8 Å². The van der Waals surface area contributed by atoms with E-state index in [0.717, 1.165) is 11.3 Å². The summed E-state index contributed by atoms with van der Waals surface area (Å²) in [6, 6.07) is 19.8. The molecule has 122 valence electrons. The molecule has 2 aromatic carbocycles. The second-order valence-corrected chi connectivity index (χ2v) is 5.45. The molecule has 6 heteroatoms. The Morgan fingerprint density at radius 3 is 2.48 bits per heavy atom. The first-order chi connectivity index (χ1) is 12.1. The Morgan fingerprint density at radius 1 is 1.00 bits per heavy atom. The van der Waals surface area contributed by atoms with Gasteiger partial charge in [-0.05, 0) is 49.4 Å². The van der Waals surface area contributed by atoms with Gasteiger partial charge >= 0.3 is 0 Å². The molecule has 0 aliphatic rings. The predicted molar refractivity (Wildman–Crippen MR) is 95.6 cm³/mol. The Labute approximate surface area is 145 Å². The number of aryl methyl sites for hydroxylation is 1. The molecule has 25 heavy (non-hydrogen) atoms. The van der Waals surface area contributed by atoms with Crippen molar-refractivity contribution in [1.82, 2.24) is 10.2 Å². The summed E-state index contributed by atoms with van der Waals surface area (Å²) in [4.78, 5) is 12.2. The van der Waals surface area contributed by atoms with Crippen LogP contribution < -0.4 is 10.6 Å². The van der Waals surface area contributed by atoms with Gasteiger partial charge in [-0.3, -0.25) is 4.79 Å². The zero-order valence-corrected chi connectivity index (χ0v) is 13.5. The Morgan fingerprint density at radius 2 is 1.76 bits per heavy atom. The van der Waals surface area contributed by atoms with Gasteiger partial charge < -0.3 is 10.6 Å². The van der Waals surface area contributed by atoms with Crippen molar-refractivity contribution in [3.8, 4) is 6.07 Å². The van der Waals surface area contributed by atoms with Gasteiger partial charge in [0.05, 0.1) is 11.6 Å². The Balaban J connectivity index is 1.68. The largest absolute Gasteiger partial charge is 0.339 e. The molecule has 0 radical (unpaired) electrons. The molecule has 0 spiro atoms. The van der Waals surface area contributed by atoms with Crippen LogP contribution >= 0.6 is 0 Å². The highest BCUT2D eigenvalue weighted by atomic mass is 16.1. The number of anilines is 3. The third-order valence-corrected chi connectivity index (χ3v) is 3.45. The first kappa shape index (κ1) is 16.1. The van der Waals surface area contributed by atoms with Gasteiger partial charge in [0.1, 0.15) is 0 Å². The maximum absolute atomic E-state index is 12.2. The van der Waals surface area contributed by atoms with E-state index >= 15 is 0 Å². The van der Waals surface area contributed by atoms with Crippen molar-refractivity contribution in [2.24, 2.45) is 0 Å². The summed E-state index contributed by atoms with van der Waals surface area (Å²) >= 11 is 0. The second-order valence-electron chi connectivity index (χ2n) is 5.45. The number of aromatic nitrogens is 2. The zero-order valence-electron chi connectivity index (χ0n) is 13.5. The lowest BCUT2D eigenvalue weighted by atomic mass is 10.1. The van der Waals surface area contributed by atoms with E-state index in [1.807, 2.05) is 25.1 Å². The summed E-state index contributed by atoms with van der Waals surface area (Å²) in [5, 5.41) is 22.7. The number of nitriles is 1. The van der Waals surface area contributed by atoms with Crippen molar-refractivity contribution < 1.29 is 4.79 Å². The van der Waals surface area contributed by atoms with E-state index in [2.05, 4.69) is 26.9 Å².